The number of hydrogen-bond donors (Lipinski definition) is 3. The predicted octanol–water partition coefficient (Wildman–Crippen LogP) is 2.22. The second-order valence-electron chi connectivity index (χ2n) is 4.71. The summed E-state index contributed by atoms with van der Waals surface area (Å²) in [6, 6.07) is 17.7. The number of para-hydroxylation sites is 1. The number of rotatable bonds is 2. The molecule has 2 aromatic carbocycles. The largest absolute Gasteiger partial charge is 0.390 e. The molecule has 3 rings (SSSR count). The van der Waals surface area contributed by atoms with Crippen molar-refractivity contribution in [2.45, 2.75) is 4.90 Å². The molecule has 0 aromatic heterocycles. The van der Waals surface area contributed by atoms with Crippen LogP contribution in [-0.2, 0) is 0 Å². The number of nitrogens with two attached hydrogens (primary N) is 2. The topological polar surface area (TPSA) is 79.7 Å². The van der Waals surface area contributed by atoms with Crippen LogP contribution < -0.4 is 21.9 Å². The van der Waals surface area contributed by atoms with Gasteiger partial charge in [0.1, 0.15) is 10.9 Å². The second-order valence-corrected chi connectivity index (χ2v) is 5.83. The summed E-state index contributed by atoms with van der Waals surface area (Å²) < 4.78 is 0. The zero-order chi connectivity index (χ0) is 15.5. The van der Waals surface area contributed by atoms with Crippen LogP contribution in [0.3, 0.4) is 0 Å². The smallest absolute Gasteiger partial charge is 0.157 e. The fraction of sp³-hybridized carbons (Fsp3) is 0.0625. The van der Waals surface area contributed by atoms with E-state index in [0.717, 1.165) is 22.0 Å². The van der Waals surface area contributed by atoms with E-state index in [1.54, 1.807) is 12.1 Å². The first-order valence-corrected chi connectivity index (χ1v) is 7.63. The Morgan fingerprint density at radius 2 is 1.77 bits per heavy atom. The monoisotopic (exact) mass is 311 g/mol. The van der Waals surface area contributed by atoms with Gasteiger partial charge in [-0.25, -0.2) is 5.84 Å². The molecule has 0 atom stereocenters. The Bertz CT molecular complexity index is 739. The van der Waals surface area contributed by atoms with Gasteiger partial charge in [-0.3, -0.25) is 10.0 Å². The molecule has 0 aliphatic carbocycles. The van der Waals surface area contributed by atoms with E-state index in [4.69, 9.17) is 11.6 Å². The van der Waals surface area contributed by atoms with Crippen molar-refractivity contribution in [3.8, 4) is 0 Å². The van der Waals surface area contributed by atoms with Crippen molar-refractivity contribution < 1.29 is 0 Å². The summed E-state index contributed by atoms with van der Waals surface area (Å²) in [4.78, 5) is 5.34. The average molecular weight is 311 g/mol. The maximum atomic E-state index is 6.25. The third kappa shape index (κ3) is 2.66. The molecule has 22 heavy (non-hydrogen) atoms. The first-order valence-electron chi connectivity index (χ1n) is 6.81. The number of hydrazine groups is 1. The molecule has 0 saturated carbocycles. The van der Waals surface area contributed by atoms with Crippen LogP contribution in [0.1, 0.15) is 5.56 Å². The van der Waals surface area contributed by atoms with Gasteiger partial charge in [0.2, 0.25) is 0 Å². The lowest BCUT2D eigenvalue weighted by atomic mass is 10.1. The summed E-state index contributed by atoms with van der Waals surface area (Å²) in [5.74, 6) is 7.61. The Labute approximate surface area is 133 Å². The first kappa shape index (κ1) is 14.5. The van der Waals surface area contributed by atoms with Crippen molar-refractivity contribution in [3.63, 3.8) is 0 Å². The second kappa shape index (κ2) is 6.13. The van der Waals surface area contributed by atoms with Gasteiger partial charge in [-0.1, -0.05) is 42.1 Å². The van der Waals surface area contributed by atoms with Gasteiger partial charge in [0.25, 0.3) is 0 Å². The third-order valence-electron chi connectivity index (χ3n) is 3.32. The molecule has 0 unspecified atom stereocenters. The Morgan fingerprint density at radius 3 is 2.50 bits per heavy atom. The van der Waals surface area contributed by atoms with Crippen LogP contribution in [-0.4, -0.2) is 12.9 Å². The molecule has 5 N–H and O–H groups in total. The summed E-state index contributed by atoms with van der Waals surface area (Å²) in [5.41, 5.74) is 8.07. The van der Waals surface area contributed by atoms with Crippen LogP contribution in [0, 0.1) is 0 Å². The van der Waals surface area contributed by atoms with Crippen LogP contribution in [0.25, 0.3) is 0 Å². The van der Waals surface area contributed by atoms with Crippen molar-refractivity contribution in [3.05, 3.63) is 71.0 Å². The SMILES string of the molecule is CN=C1N/C(=C(/N)Sc2ccccc2)N(N)c2ccccc21. The Morgan fingerprint density at radius 1 is 1.09 bits per heavy atom. The highest BCUT2D eigenvalue weighted by molar-refractivity contribution is 8.03. The van der Waals surface area contributed by atoms with Crippen molar-refractivity contribution in [2.24, 2.45) is 16.6 Å². The van der Waals surface area contributed by atoms with Gasteiger partial charge in [-0.15, -0.1) is 0 Å². The summed E-state index contributed by atoms with van der Waals surface area (Å²) in [6.07, 6.45) is 0. The highest BCUT2D eigenvalue weighted by atomic mass is 32.2. The minimum absolute atomic E-state index is 0.587. The van der Waals surface area contributed by atoms with Gasteiger partial charge < -0.3 is 11.1 Å². The van der Waals surface area contributed by atoms with Crippen molar-refractivity contribution in [1.29, 1.82) is 0 Å². The first-order chi connectivity index (χ1) is 10.7. The summed E-state index contributed by atoms with van der Waals surface area (Å²) in [6.45, 7) is 0. The van der Waals surface area contributed by atoms with Crippen LogP contribution in [0.4, 0.5) is 5.69 Å². The molecule has 1 aliphatic heterocycles. The van der Waals surface area contributed by atoms with Crippen LogP contribution in [0.15, 0.2) is 75.3 Å². The number of thioether (sulfide) groups is 1. The fourth-order valence-corrected chi connectivity index (χ4v) is 3.06. The quantitative estimate of drug-likeness (QED) is 0.585. The standard InChI is InChI=1S/C16H17N5S/c1-19-15-12-9-5-6-10-13(12)21(18)16(20-15)14(17)22-11-7-3-2-4-8-11/h2-10H,17-18H2,1H3,(H,19,20)/b16-14+. The Hall–Kier alpha value is -2.44. The van der Waals surface area contributed by atoms with Gasteiger partial charge in [0.15, 0.2) is 5.82 Å². The molecule has 6 heteroatoms. The number of anilines is 1. The zero-order valence-electron chi connectivity index (χ0n) is 12.2. The van der Waals surface area contributed by atoms with Crippen molar-refractivity contribution in [1.82, 2.24) is 5.32 Å². The molecular formula is C16H17N5S. The van der Waals surface area contributed by atoms with E-state index in [-0.39, 0.29) is 0 Å². The molecule has 1 aliphatic rings. The normalized spacial score (nSPS) is 17.9. The summed E-state index contributed by atoms with van der Waals surface area (Å²) >= 11 is 1.46. The highest BCUT2D eigenvalue weighted by Gasteiger charge is 2.25. The lowest BCUT2D eigenvalue weighted by Crippen LogP contribution is -2.46. The molecule has 5 nitrogen and oxygen atoms in total. The molecule has 0 spiro atoms. The lowest BCUT2D eigenvalue weighted by molar-refractivity contribution is 0.879. The van der Waals surface area contributed by atoms with E-state index in [9.17, 15) is 0 Å². The maximum absolute atomic E-state index is 6.25. The molecule has 0 fully saturated rings. The fourth-order valence-electron chi connectivity index (χ4n) is 2.26. The zero-order valence-corrected chi connectivity index (χ0v) is 13.0. The summed E-state index contributed by atoms with van der Waals surface area (Å²) in [5, 5.41) is 5.37. The van der Waals surface area contributed by atoms with Crippen LogP contribution >= 0.6 is 11.8 Å². The molecule has 0 saturated heterocycles. The van der Waals surface area contributed by atoms with Gasteiger partial charge >= 0.3 is 0 Å². The molecule has 0 amide bonds. The highest BCUT2D eigenvalue weighted by Crippen LogP contribution is 2.30. The van der Waals surface area contributed by atoms with Crippen LogP contribution in [0.5, 0.6) is 0 Å². The lowest BCUT2D eigenvalue weighted by Gasteiger charge is -2.32. The molecule has 0 bridgehead atoms. The number of nitrogens with zero attached hydrogens (tertiary/aromatic N) is 2. The maximum Gasteiger partial charge on any atom is 0.157 e. The molecular weight excluding hydrogens is 294 g/mol. The Kier molecular flexibility index (Phi) is 4.04. The number of fused-ring (bicyclic) bond motifs is 1. The molecule has 2 aromatic rings. The van der Waals surface area contributed by atoms with Crippen LogP contribution in [0.2, 0.25) is 0 Å². The number of benzene rings is 2. The van der Waals surface area contributed by atoms with Crippen molar-refractivity contribution >= 4 is 23.3 Å². The number of nitrogens with one attached hydrogen (secondary N) is 1. The van der Waals surface area contributed by atoms with E-state index >= 15 is 0 Å². The Balaban J connectivity index is 2.00. The minimum Gasteiger partial charge on any atom is -0.390 e. The van der Waals surface area contributed by atoms with E-state index < -0.39 is 0 Å². The minimum atomic E-state index is 0.587. The van der Waals surface area contributed by atoms with E-state index in [2.05, 4.69) is 10.3 Å². The average Bonchev–Trinajstić information content (AvgIpc) is 2.56. The van der Waals surface area contributed by atoms with E-state index in [1.165, 1.54) is 11.8 Å². The van der Waals surface area contributed by atoms with Crippen molar-refractivity contribution in [2.75, 3.05) is 12.1 Å². The summed E-state index contributed by atoms with van der Waals surface area (Å²) in [7, 11) is 1.74. The van der Waals surface area contributed by atoms with Gasteiger partial charge in [-0.05, 0) is 24.3 Å². The number of aliphatic imine (C=N–C) groups is 1. The molecule has 0 radical (unpaired) electrons. The number of amidine groups is 1. The molecule has 1 heterocycles. The van der Waals surface area contributed by atoms with Gasteiger partial charge in [0.05, 0.1) is 5.69 Å². The third-order valence-corrected chi connectivity index (χ3v) is 4.25. The van der Waals surface area contributed by atoms with Gasteiger partial charge in [-0.2, -0.15) is 0 Å². The van der Waals surface area contributed by atoms with Gasteiger partial charge in [0, 0.05) is 17.5 Å². The number of hydrogen-bond acceptors (Lipinski definition) is 5. The van der Waals surface area contributed by atoms with E-state index in [0.29, 0.717) is 10.9 Å². The molecule has 112 valence electrons. The predicted molar refractivity (Wildman–Crippen MR) is 92.2 cm³/mol. The van der Waals surface area contributed by atoms with E-state index in [1.807, 2.05) is 54.6 Å².